The summed E-state index contributed by atoms with van der Waals surface area (Å²) in [6.07, 6.45) is 4.06. The molecule has 1 atom stereocenters. The van der Waals surface area contributed by atoms with Crippen molar-refractivity contribution >= 4 is 16.9 Å². The third kappa shape index (κ3) is 4.07. The van der Waals surface area contributed by atoms with Crippen LogP contribution in [0.25, 0.3) is 11.0 Å². The van der Waals surface area contributed by atoms with E-state index in [1.54, 1.807) is 6.26 Å². The first-order valence-electron chi connectivity index (χ1n) is 11.6. The Morgan fingerprint density at radius 3 is 2.66 bits per heavy atom. The van der Waals surface area contributed by atoms with Gasteiger partial charge in [-0.2, -0.15) is 0 Å². The minimum absolute atomic E-state index is 0.224. The number of carbonyl (C=O) groups excluding carboxylic acids is 1. The zero-order valence-electron chi connectivity index (χ0n) is 18.7. The van der Waals surface area contributed by atoms with Crippen molar-refractivity contribution in [2.24, 2.45) is 5.92 Å². The Morgan fingerprint density at radius 1 is 1.03 bits per heavy atom. The average molecular weight is 434 g/mol. The van der Waals surface area contributed by atoms with Crippen LogP contribution in [-0.2, 0) is 26.1 Å². The lowest BCUT2D eigenvalue weighted by Gasteiger charge is -2.40. The maximum Gasteiger partial charge on any atom is 0.233 e. The molecule has 1 amide bonds. The van der Waals surface area contributed by atoms with Crippen LogP contribution in [0.3, 0.4) is 0 Å². The number of hydrogen-bond donors (Lipinski definition) is 0. The molecular formula is C27H31NO4. The minimum Gasteiger partial charge on any atom is -0.464 e. The van der Waals surface area contributed by atoms with Gasteiger partial charge in [-0.05, 0) is 49.4 Å². The maximum absolute atomic E-state index is 14.1. The highest BCUT2D eigenvalue weighted by Crippen LogP contribution is 2.37. The van der Waals surface area contributed by atoms with E-state index in [1.165, 1.54) is 11.1 Å². The van der Waals surface area contributed by atoms with Crippen LogP contribution in [0, 0.1) is 12.8 Å². The molecule has 2 saturated heterocycles. The molecule has 5 nitrogen and oxygen atoms in total. The van der Waals surface area contributed by atoms with Gasteiger partial charge >= 0.3 is 0 Å². The second-order valence-corrected chi connectivity index (χ2v) is 9.21. The molecule has 0 radical (unpaired) electrons. The highest BCUT2D eigenvalue weighted by molar-refractivity contribution is 5.88. The largest absolute Gasteiger partial charge is 0.464 e. The molecule has 1 unspecified atom stereocenters. The summed E-state index contributed by atoms with van der Waals surface area (Å²) < 4.78 is 17.2. The number of hydrogen-bond acceptors (Lipinski definition) is 4. The summed E-state index contributed by atoms with van der Waals surface area (Å²) >= 11 is 0. The monoisotopic (exact) mass is 433 g/mol. The summed E-state index contributed by atoms with van der Waals surface area (Å²) in [7, 11) is 0. The highest BCUT2D eigenvalue weighted by atomic mass is 16.5. The molecule has 0 N–H and O–H groups in total. The van der Waals surface area contributed by atoms with Crippen molar-refractivity contribution in [3.63, 3.8) is 0 Å². The zero-order valence-corrected chi connectivity index (χ0v) is 18.7. The van der Waals surface area contributed by atoms with E-state index in [0.29, 0.717) is 39.5 Å². The summed E-state index contributed by atoms with van der Waals surface area (Å²) in [4.78, 5) is 16.1. The molecule has 32 heavy (non-hydrogen) atoms. The fourth-order valence-electron chi connectivity index (χ4n) is 5.26. The lowest BCUT2D eigenvalue weighted by Crippen LogP contribution is -2.51. The third-order valence-corrected chi connectivity index (χ3v) is 7.08. The molecule has 0 aliphatic carbocycles. The summed E-state index contributed by atoms with van der Waals surface area (Å²) in [6, 6.07) is 16.7. The molecule has 3 aromatic rings. The van der Waals surface area contributed by atoms with E-state index in [9.17, 15) is 4.79 Å². The predicted molar refractivity (Wildman–Crippen MR) is 124 cm³/mol. The summed E-state index contributed by atoms with van der Waals surface area (Å²) in [5.74, 6) is 0.471. The second kappa shape index (κ2) is 9.08. The van der Waals surface area contributed by atoms with Crippen LogP contribution in [0.1, 0.15) is 29.5 Å². The van der Waals surface area contributed by atoms with E-state index in [0.717, 1.165) is 35.8 Å². The normalized spacial score (nSPS) is 21.4. The van der Waals surface area contributed by atoms with Gasteiger partial charge in [-0.15, -0.1) is 0 Å². The molecule has 168 valence electrons. The van der Waals surface area contributed by atoms with E-state index in [-0.39, 0.29) is 11.8 Å². The molecule has 2 aliphatic rings. The Labute approximate surface area is 189 Å². The fraction of sp³-hybridized carbons (Fsp3) is 0.444. The summed E-state index contributed by atoms with van der Waals surface area (Å²) in [5.41, 5.74) is 3.97. The highest BCUT2D eigenvalue weighted by Gasteiger charge is 2.44. The third-order valence-electron chi connectivity index (χ3n) is 7.08. The first-order valence-corrected chi connectivity index (χ1v) is 11.6. The predicted octanol–water partition coefficient (Wildman–Crippen LogP) is 4.51. The van der Waals surface area contributed by atoms with Crippen molar-refractivity contribution in [2.45, 2.75) is 31.6 Å². The van der Waals surface area contributed by atoms with Crippen molar-refractivity contribution < 1.29 is 18.7 Å². The number of ether oxygens (including phenoxy) is 2. The lowest BCUT2D eigenvalue weighted by molar-refractivity contribution is -0.141. The van der Waals surface area contributed by atoms with Gasteiger partial charge < -0.3 is 18.8 Å². The van der Waals surface area contributed by atoms with Gasteiger partial charge in [0.25, 0.3) is 0 Å². The van der Waals surface area contributed by atoms with Crippen LogP contribution in [0.2, 0.25) is 0 Å². The maximum atomic E-state index is 14.1. The van der Waals surface area contributed by atoms with Crippen LogP contribution in [0.15, 0.2) is 59.2 Å². The molecule has 3 heterocycles. The van der Waals surface area contributed by atoms with E-state index >= 15 is 0 Å². The van der Waals surface area contributed by atoms with Crippen molar-refractivity contribution in [1.82, 2.24) is 4.90 Å². The second-order valence-electron chi connectivity index (χ2n) is 9.21. The molecule has 2 aliphatic heterocycles. The Morgan fingerprint density at radius 2 is 1.84 bits per heavy atom. The standard InChI is InChI=1S/C27H31NO4/c1-20-5-7-23(8-6-20)27(10-14-30-15-11-27)26(29)28-12-16-31-19-21(18-28)17-22-3-2-4-25-24(22)9-13-32-25/h2-9,13,21H,10-12,14-19H2,1H3. The number of rotatable bonds is 4. The number of benzene rings is 2. The van der Waals surface area contributed by atoms with Crippen LogP contribution in [-0.4, -0.2) is 50.3 Å². The van der Waals surface area contributed by atoms with Crippen molar-refractivity contribution in [2.75, 3.05) is 39.5 Å². The number of furan rings is 1. The lowest BCUT2D eigenvalue weighted by atomic mass is 9.72. The molecule has 0 bridgehead atoms. The van der Waals surface area contributed by atoms with Gasteiger partial charge in [-0.3, -0.25) is 4.79 Å². The minimum atomic E-state index is -0.509. The molecule has 0 spiro atoms. The molecule has 5 heteroatoms. The van der Waals surface area contributed by atoms with Gasteiger partial charge in [-0.25, -0.2) is 0 Å². The van der Waals surface area contributed by atoms with Gasteiger partial charge in [0, 0.05) is 37.6 Å². The van der Waals surface area contributed by atoms with Gasteiger partial charge in [0.05, 0.1) is 24.9 Å². The summed E-state index contributed by atoms with van der Waals surface area (Å²) in [6.45, 7) is 5.92. The summed E-state index contributed by atoms with van der Waals surface area (Å²) in [5, 5.41) is 1.15. The number of carbonyl (C=O) groups is 1. The van der Waals surface area contributed by atoms with Gasteiger partial charge in [-0.1, -0.05) is 42.0 Å². The molecule has 2 aromatic carbocycles. The van der Waals surface area contributed by atoms with Gasteiger partial charge in [0.1, 0.15) is 5.58 Å². The Bertz CT molecular complexity index is 1060. The molecule has 5 rings (SSSR count). The average Bonchev–Trinajstić information content (AvgIpc) is 3.19. The first kappa shape index (κ1) is 21.2. The van der Waals surface area contributed by atoms with E-state index < -0.39 is 5.41 Å². The number of nitrogens with zero attached hydrogens (tertiary/aromatic N) is 1. The Hall–Kier alpha value is -2.63. The fourth-order valence-corrected chi connectivity index (χ4v) is 5.26. The van der Waals surface area contributed by atoms with Crippen molar-refractivity contribution in [3.8, 4) is 0 Å². The van der Waals surface area contributed by atoms with Gasteiger partial charge in [0.2, 0.25) is 5.91 Å². The van der Waals surface area contributed by atoms with Crippen molar-refractivity contribution in [1.29, 1.82) is 0 Å². The number of fused-ring (bicyclic) bond motifs is 1. The Balaban J connectivity index is 1.40. The molecule has 1 aromatic heterocycles. The van der Waals surface area contributed by atoms with Gasteiger partial charge in [0.15, 0.2) is 0 Å². The SMILES string of the molecule is Cc1ccc(C2(C(=O)N3CCOCC(Cc4cccc5occc45)C3)CCOCC2)cc1. The van der Waals surface area contributed by atoms with E-state index in [1.807, 2.05) is 18.2 Å². The van der Waals surface area contributed by atoms with Crippen LogP contribution in [0.5, 0.6) is 0 Å². The van der Waals surface area contributed by atoms with Crippen molar-refractivity contribution in [3.05, 3.63) is 71.5 Å². The zero-order chi connectivity index (χ0) is 22.0. The van der Waals surface area contributed by atoms with Crippen LogP contribution in [0.4, 0.5) is 0 Å². The topological polar surface area (TPSA) is 51.9 Å². The Kier molecular flexibility index (Phi) is 6.03. The molecule has 2 fully saturated rings. The molecular weight excluding hydrogens is 402 g/mol. The van der Waals surface area contributed by atoms with E-state index in [4.69, 9.17) is 13.9 Å². The number of aryl methyl sites for hydroxylation is 1. The number of amides is 1. The smallest absolute Gasteiger partial charge is 0.233 e. The first-order chi connectivity index (χ1) is 15.7. The quantitative estimate of drug-likeness (QED) is 0.608. The van der Waals surface area contributed by atoms with E-state index in [2.05, 4.69) is 42.2 Å². The van der Waals surface area contributed by atoms with Crippen LogP contribution >= 0.6 is 0 Å². The molecule has 0 saturated carbocycles. The van der Waals surface area contributed by atoms with Crippen LogP contribution < -0.4 is 0 Å².